The lowest BCUT2D eigenvalue weighted by atomic mass is 9.78. The second-order valence-corrected chi connectivity index (χ2v) is 6.04. The number of likely N-dealkylation sites (tertiary alicyclic amines) is 1. The van der Waals surface area contributed by atoms with Gasteiger partial charge in [0.1, 0.15) is 5.15 Å². The molecule has 0 aromatic carbocycles. The summed E-state index contributed by atoms with van der Waals surface area (Å²) in [6.45, 7) is 2.21. The molecule has 1 aromatic heterocycles. The number of hydrogen-bond donors (Lipinski definition) is 0. The van der Waals surface area contributed by atoms with Crippen LogP contribution in [-0.4, -0.2) is 22.5 Å². The van der Waals surface area contributed by atoms with Gasteiger partial charge < -0.3 is 0 Å². The lowest BCUT2D eigenvalue weighted by Crippen LogP contribution is -2.46. The second-order valence-electron chi connectivity index (χ2n) is 5.68. The van der Waals surface area contributed by atoms with E-state index in [2.05, 4.69) is 16.0 Å². The van der Waals surface area contributed by atoms with E-state index in [0.717, 1.165) is 18.5 Å². The number of nitrogens with zero attached hydrogens (tertiary/aromatic N) is 2. The van der Waals surface area contributed by atoms with E-state index < -0.39 is 0 Å². The SMILES string of the molecule is Clc1ncccc1CN1CCC[C@H]2CCCC[C@H]21. The summed E-state index contributed by atoms with van der Waals surface area (Å²) >= 11 is 6.18. The van der Waals surface area contributed by atoms with E-state index in [0.29, 0.717) is 5.15 Å². The van der Waals surface area contributed by atoms with E-state index in [9.17, 15) is 0 Å². The molecule has 2 nitrogen and oxygen atoms in total. The van der Waals surface area contributed by atoms with Crippen LogP contribution in [0.1, 0.15) is 44.1 Å². The molecule has 2 fully saturated rings. The van der Waals surface area contributed by atoms with Crippen molar-refractivity contribution in [2.45, 2.75) is 51.1 Å². The van der Waals surface area contributed by atoms with Gasteiger partial charge in [-0.05, 0) is 44.2 Å². The van der Waals surface area contributed by atoms with Gasteiger partial charge >= 0.3 is 0 Å². The predicted octanol–water partition coefficient (Wildman–Crippen LogP) is 3.89. The van der Waals surface area contributed by atoms with Gasteiger partial charge in [0.2, 0.25) is 0 Å². The van der Waals surface area contributed by atoms with E-state index in [4.69, 9.17) is 11.6 Å². The van der Waals surface area contributed by atoms with Crippen LogP contribution in [0.3, 0.4) is 0 Å². The zero-order valence-corrected chi connectivity index (χ0v) is 11.6. The molecule has 3 rings (SSSR count). The highest BCUT2D eigenvalue weighted by Gasteiger charge is 2.33. The molecule has 1 saturated carbocycles. The van der Waals surface area contributed by atoms with Crippen molar-refractivity contribution in [2.75, 3.05) is 6.54 Å². The first-order chi connectivity index (χ1) is 8.84. The first-order valence-corrected chi connectivity index (χ1v) is 7.56. The molecule has 0 bridgehead atoms. The molecule has 0 radical (unpaired) electrons. The molecule has 1 aliphatic carbocycles. The van der Waals surface area contributed by atoms with E-state index in [-0.39, 0.29) is 0 Å². The van der Waals surface area contributed by atoms with Gasteiger partial charge in [0, 0.05) is 24.3 Å². The summed E-state index contributed by atoms with van der Waals surface area (Å²) in [5.74, 6) is 0.933. The summed E-state index contributed by atoms with van der Waals surface area (Å²) < 4.78 is 0. The Kier molecular flexibility index (Phi) is 3.86. The normalized spacial score (nSPS) is 28.9. The van der Waals surface area contributed by atoms with Crippen LogP contribution >= 0.6 is 11.6 Å². The van der Waals surface area contributed by atoms with Gasteiger partial charge in [-0.3, -0.25) is 4.90 Å². The molecular formula is C15H21ClN2. The van der Waals surface area contributed by atoms with Crippen LogP contribution in [0, 0.1) is 5.92 Å². The third-order valence-electron chi connectivity index (χ3n) is 4.57. The largest absolute Gasteiger partial charge is 0.296 e. The highest BCUT2D eigenvalue weighted by molar-refractivity contribution is 6.30. The summed E-state index contributed by atoms with van der Waals surface area (Å²) in [6, 6.07) is 4.90. The number of fused-ring (bicyclic) bond motifs is 1. The monoisotopic (exact) mass is 264 g/mol. The number of rotatable bonds is 2. The molecule has 0 N–H and O–H groups in total. The Labute approximate surface area is 114 Å². The van der Waals surface area contributed by atoms with Gasteiger partial charge in [-0.1, -0.05) is 30.5 Å². The van der Waals surface area contributed by atoms with Crippen molar-refractivity contribution >= 4 is 11.6 Å². The number of hydrogen-bond acceptors (Lipinski definition) is 2. The summed E-state index contributed by atoms with van der Waals surface area (Å²) in [5, 5.41) is 0.676. The fraction of sp³-hybridized carbons (Fsp3) is 0.667. The molecule has 2 heterocycles. The van der Waals surface area contributed by atoms with Crippen LogP contribution in [0.5, 0.6) is 0 Å². The van der Waals surface area contributed by atoms with Gasteiger partial charge in [0.25, 0.3) is 0 Å². The first-order valence-electron chi connectivity index (χ1n) is 7.18. The second kappa shape index (κ2) is 5.58. The summed E-state index contributed by atoms with van der Waals surface area (Å²) in [6.07, 6.45) is 10.2. The number of halogens is 1. The minimum atomic E-state index is 0.676. The summed E-state index contributed by atoms with van der Waals surface area (Å²) in [4.78, 5) is 6.84. The van der Waals surface area contributed by atoms with Crippen molar-refractivity contribution in [3.05, 3.63) is 29.0 Å². The topological polar surface area (TPSA) is 16.1 Å². The predicted molar refractivity (Wildman–Crippen MR) is 74.6 cm³/mol. The molecule has 1 saturated heterocycles. The van der Waals surface area contributed by atoms with E-state index in [1.807, 2.05) is 6.07 Å². The minimum absolute atomic E-state index is 0.676. The van der Waals surface area contributed by atoms with Crippen LogP contribution in [0.2, 0.25) is 5.15 Å². The zero-order valence-electron chi connectivity index (χ0n) is 10.8. The van der Waals surface area contributed by atoms with Gasteiger partial charge in [-0.2, -0.15) is 0 Å². The van der Waals surface area contributed by atoms with E-state index in [1.54, 1.807) is 6.20 Å². The van der Waals surface area contributed by atoms with Crippen molar-refractivity contribution < 1.29 is 0 Å². The molecule has 2 aliphatic rings. The highest BCUT2D eigenvalue weighted by atomic mass is 35.5. The van der Waals surface area contributed by atoms with Gasteiger partial charge in [-0.15, -0.1) is 0 Å². The standard InChI is InChI=1S/C15H21ClN2/c16-15-13(6-3-9-17-15)11-18-10-4-7-12-5-1-2-8-14(12)18/h3,6,9,12,14H,1-2,4-5,7-8,10-11H2/t12-,14-/m1/s1. The average molecular weight is 265 g/mol. The van der Waals surface area contributed by atoms with Crippen LogP contribution in [0.15, 0.2) is 18.3 Å². The Hall–Kier alpha value is -0.600. The van der Waals surface area contributed by atoms with Crippen LogP contribution in [0.25, 0.3) is 0 Å². The van der Waals surface area contributed by atoms with Crippen LogP contribution in [-0.2, 0) is 6.54 Å². The van der Waals surface area contributed by atoms with Crippen LogP contribution < -0.4 is 0 Å². The molecule has 2 atom stereocenters. The first kappa shape index (κ1) is 12.4. The fourth-order valence-electron chi connectivity index (χ4n) is 3.68. The lowest BCUT2D eigenvalue weighted by Gasteiger charge is -2.44. The summed E-state index contributed by atoms with van der Waals surface area (Å²) in [5.41, 5.74) is 1.19. The maximum absolute atomic E-state index is 6.18. The van der Waals surface area contributed by atoms with Gasteiger partial charge in [0.15, 0.2) is 0 Å². The van der Waals surface area contributed by atoms with Crippen molar-refractivity contribution in [3.8, 4) is 0 Å². The minimum Gasteiger partial charge on any atom is -0.296 e. The molecule has 1 aromatic rings. The van der Waals surface area contributed by atoms with Crippen molar-refractivity contribution in [3.63, 3.8) is 0 Å². The smallest absolute Gasteiger partial charge is 0.133 e. The molecule has 98 valence electrons. The number of pyridine rings is 1. The molecule has 0 spiro atoms. The highest BCUT2D eigenvalue weighted by Crippen LogP contribution is 2.36. The quantitative estimate of drug-likeness (QED) is 0.754. The average Bonchev–Trinajstić information content (AvgIpc) is 2.42. The molecule has 0 amide bonds. The number of piperidine rings is 1. The van der Waals surface area contributed by atoms with E-state index >= 15 is 0 Å². The van der Waals surface area contributed by atoms with Gasteiger partial charge in [0.05, 0.1) is 0 Å². The maximum atomic E-state index is 6.18. The Morgan fingerprint density at radius 1 is 1.22 bits per heavy atom. The Morgan fingerprint density at radius 3 is 2.94 bits per heavy atom. The van der Waals surface area contributed by atoms with Crippen molar-refractivity contribution in [2.24, 2.45) is 5.92 Å². The van der Waals surface area contributed by atoms with E-state index in [1.165, 1.54) is 50.6 Å². The molecule has 1 aliphatic heterocycles. The van der Waals surface area contributed by atoms with Gasteiger partial charge in [-0.25, -0.2) is 4.98 Å². The fourth-order valence-corrected chi connectivity index (χ4v) is 3.86. The molecule has 3 heteroatoms. The Morgan fingerprint density at radius 2 is 2.06 bits per heavy atom. The maximum Gasteiger partial charge on any atom is 0.133 e. The zero-order chi connectivity index (χ0) is 12.4. The third kappa shape index (κ3) is 2.55. The summed E-state index contributed by atoms with van der Waals surface area (Å²) in [7, 11) is 0. The van der Waals surface area contributed by atoms with Crippen molar-refractivity contribution in [1.82, 2.24) is 9.88 Å². The molecule has 18 heavy (non-hydrogen) atoms. The van der Waals surface area contributed by atoms with Crippen LogP contribution in [0.4, 0.5) is 0 Å². The van der Waals surface area contributed by atoms with Crippen molar-refractivity contribution in [1.29, 1.82) is 0 Å². The Balaban J connectivity index is 1.73. The molecular weight excluding hydrogens is 244 g/mol. The number of aromatic nitrogens is 1. The molecule has 0 unspecified atom stereocenters. The lowest BCUT2D eigenvalue weighted by molar-refractivity contribution is 0.0546. The Bertz CT molecular complexity index is 405. The third-order valence-corrected chi connectivity index (χ3v) is 4.91.